The molecule has 1 saturated carbocycles. The predicted octanol–water partition coefficient (Wildman–Crippen LogP) is 2.34. The molecule has 30 heavy (non-hydrogen) atoms. The number of likely N-dealkylation sites (tertiary alicyclic amines) is 1. The zero-order valence-corrected chi connectivity index (χ0v) is 17.7. The molecule has 0 aromatic carbocycles. The molecule has 3 fully saturated rings. The number of hydrogen-bond acceptors (Lipinski definition) is 6. The Morgan fingerprint density at radius 3 is 2.33 bits per heavy atom. The van der Waals surface area contributed by atoms with Crippen molar-refractivity contribution in [3.63, 3.8) is 0 Å². The number of nitrogens with zero attached hydrogens (tertiary/aromatic N) is 3. The molecule has 2 aliphatic heterocycles. The molecule has 1 aromatic rings. The molecule has 3 aliphatic rings. The topological polar surface area (TPSA) is 103 Å². The summed E-state index contributed by atoms with van der Waals surface area (Å²) in [5.74, 6) is 0.965. The van der Waals surface area contributed by atoms with Crippen LogP contribution in [0.25, 0.3) is 0 Å². The van der Waals surface area contributed by atoms with Gasteiger partial charge in [-0.1, -0.05) is 18.9 Å². The van der Waals surface area contributed by atoms with Crippen molar-refractivity contribution in [1.82, 2.24) is 14.8 Å². The normalized spacial score (nSPS) is 21.7. The van der Waals surface area contributed by atoms with Crippen LogP contribution in [-0.2, 0) is 20.9 Å². The summed E-state index contributed by atoms with van der Waals surface area (Å²) in [6.45, 7) is 7.19. The highest BCUT2D eigenvalue weighted by Gasteiger charge is 2.40. The Hall–Kier alpha value is -2.03. The summed E-state index contributed by atoms with van der Waals surface area (Å²) in [7, 11) is 0. The van der Waals surface area contributed by atoms with E-state index in [1.54, 1.807) is 0 Å². The lowest BCUT2D eigenvalue weighted by molar-refractivity contribution is -0.138. The average Bonchev–Trinajstić information content (AvgIpc) is 3.25. The molecular formula is C22H35N3O5. The van der Waals surface area contributed by atoms with Gasteiger partial charge in [0, 0.05) is 45.5 Å². The Bertz CT molecular complexity index is 596. The van der Waals surface area contributed by atoms with Crippen LogP contribution in [-0.4, -0.2) is 82.9 Å². The van der Waals surface area contributed by atoms with E-state index in [9.17, 15) is 0 Å². The highest BCUT2D eigenvalue weighted by atomic mass is 16.5. The van der Waals surface area contributed by atoms with E-state index in [0.717, 1.165) is 32.2 Å². The molecule has 1 spiro atoms. The third-order valence-electron chi connectivity index (χ3n) is 6.20. The van der Waals surface area contributed by atoms with Crippen molar-refractivity contribution < 1.29 is 24.5 Å². The standard InChI is InChI=1S/C20H31N3O.2CH2O2/c1-2-6-18(5-1)15-22-11-8-20(9-12-22)17-23(13-14-24-20)16-19-7-3-4-10-21-19;2*2-1-3/h3-4,7,10,18H,1-2,5-6,8-9,11-17H2;2*1H,(H,2,3). The number of ether oxygens (including phenoxy) is 1. The maximum absolute atomic E-state index is 8.36. The van der Waals surface area contributed by atoms with Gasteiger partial charge in [-0.2, -0.15) is 0 Å². The van der Waals surface area contributed by atoms with Gasteiger partial charge in [0.15, 0.2) is 0 Å². The van der Waals surface area contributed by atoms with Gasteiger partial charge in [-0.05, 0) is 43.7 Å². The zero-order valence-electron chi connectivity index (χ0n) is 17.7. The van der Waals surface area contributed by atoms with Crippen molar-refractivity contribution in [2.24, 2.45) is 5.92 Å². The Labute approximate surface area is 178 Å². The van der Waals surface area contributed by atoms with E-state index >= 15 is 0 Å². The summed E-state index contributed by atoms with van der Waals surface area (Å²) in [6, 6.07) is 6.21. The van der Waals surface area contributed by atoms with Gasteiger partial charge in [0.1, 0.15) is 0 Å². The molecular weight excluding hydrogens is 386 g/mol. The SMILES string of the molecule is O=CO.O=CO.c1ccc(CN2CCOC3(CCN(CC4CCCC4)CC3)C2)nc1. The van der Waals surface area contributed by atoms with E-state index in [1.807, 2.05) is 12.3 Å². The van der Waals surface area contributed by atoms with Crippen LogP contribution in [0.1, 0.15) is 44.2 Å². The first-order valence-electron chi connectivity index (χ1n) is 10.8. The molecule has 3 heterocycles. The molecule has 2 N–H and O–H groups in total. The summed E-state index contributed by atoms with van der Waals surface area (Å²) in [5, 5.41) is 13.8. The largest absolute Gasteiger partial charge is 0.483 e. The molecule has 1 aliphatic carbocycles. The van der Waals surface area contributed by atoms with Gasteiger partial charge in [-0.3, -0.25) is 19.5 Å². The Morgan fingerprint density at radius 2 is 1.73 bits per heavy atom. The van der Waals surface area contributed by atoms with Gasteiger partial charge in [-0.15, -0.1) is 0 Å². The molecule has 8 heteroatoms. The lowest BCUT2D eigenvalue weighted by atomic mass is 9.88. The number of pyridine rings is 1. The molecule has 0 unspecified atom stereocenters. The Balaban J connectivity index is 0.000000480. The van der Waals surface area contributed by atoms with Crippen molar-refractivity contribution in [2.45, 2.75) is 50.7 Å². The monoisotopic (exact) mass is 421 g/mol. The van der Waals surface area contributed by atoms with Crippen LogP contribution >= 0.6 is 0 Å². The fourth-order valence-electron chi connectivity index (χ4n) is 4.78. The smallest absolute Gasteiger partial charge is 0.290 e. The van der Waals surface area contributed by atoms with E-state index in [2.05, 4.69) is 26.9 Å². The van der Waals surface area contributed by atoms with Crippen LogP contribution < -0.4 is 0 Å². The second-order valence-electron chi connectivity index (χ2n) is 8.23. The van der Waals surface area contributed by atoms with Crippen LogP contribution in [0, 0.1) is 5.92 Å². The maximum Gasteiger partial charge on any atom is 0.290 e. The number of aromatic nitrogens is 1. The zero-order chi connectivity index (χ0) is 21.7. The van der Waals surface area contributed by atoms with Gasteiger partial charge < -0.3 is 19.8 Å². The van der Waals surface area contributed by atoms with E-state index in [4.69, 9.17) is 24.5 Å². The molecule has 0 radical (unpaired) electrons. The van der Waals surface area contributed by atoms with Crippen LogP contribution in [0.2, 0.25) is 0 Å². The number of morpholine rings is 1. The first kappa shape index (κ1) is 24.2. The van der Waals surface area contributed by atoms with Crippen LogP contribution in [0.15, 0.2) is 24.4 Å². The minimum absolute atomic E-state index is 0.0964. The maximum atomic E-state index is 8.36. The molecule has 168 valence electrons. The molecule has 1 aromatic heterocycles. The first-order chi connectivity index (χ1) is 14.6. The third kappa shape index (κ3) is 8.01. The summed E-state index contributed by atoms with van der Waals surface area (Å²) in [4.78, 5) is 26.4. The Kier molecular flexibility index (Phi) is 10.8. The summed E-state index contributed by atoms with van der Waals surface area (Å²) >= 11 is 0. The average molecular weight is 422 g/mol. The molecule has 2 saturated heterocycles. The van der Waals surface area contributed by atoms with Crippen LogP contribution in [0.4, 0.5) is 0 Å². The number of rotatable bonds is 4. The number of piperidine rings is 1. The molecule has 0 amide bonds. The van der Waals surface area contributed by atoms with Gasteiger partial charge >= 0.3 is 0 Å². The van der Waals surface area contributed by atoms with Gasteiger partial charge in [0.05, 0.1) is 17.9 Å². The van der Waals surface area contributed by atoms with Crippen molar-refractivity contribution >= 4 is 12.9 Å². The molecule has 0 atom stereocenters. The highest BCUT2D eigenvalue weighted by molar-refractivity contribution is 5.33. The first-order valence-corrected chi connectivity index (χ1v) is 10.8. The van der Waals surface area contributed by atoms with Gasteiger partial charge in [0.25, 0.3) is 12.9 Å². The fourth-order valence-corrected chi connectivity index (χ4v) is 4.78. The second kappa shape index (κ2) is 13.3. The van der Waals surface area contributed by atoms with E-state index in [0.29, 0.717) is 0 Å². The minimum atomic E-state index is -0.250. The molecule has 8 nitrogen and oxygen atoms in total. The van der Waals surface area contributed by atoms with E-state index in [1.165, 1.54) is 63.9 Å². The fraction of sp³-hybridized carbons (Fsp3) is 0.682. The van der Waals surface area contributed by atoms with E-state index in [-0.39, 0.29) is 18.5 Å². The quantitative estimate of drug-likeness (QED) is 0.714. The third-order valence-corrected chi connectivity index (χ3v) is 6.20. The second-order valence-corrected chi connectivity index (χ2v) is 8.23. The van der Waals surface area contributed by atoms with Crippen LogP contribution in [0.5, 0.6) is 0 Å². The van der Waals surface area contributed by atoms with Gasteiger partial charge in [-0.25, -0.2) is 0 Å². The van der Waals surface area contributed by atoms with Crippen LogP contribution in [0.3, 0.4) is 0 Å². The summed E-state index contributed by atoms with van der Waals surface area (Å²) in [6.07, 6.45) is 10.1. The molecule has 0 bridgehead atoms. The Morgan fingerprint density at radius 1 is 1.07 bits per heavy atom. The molecule has 4 rings (SSSR count). The van der Waals surface area contributed by atoms with E-state index < -0.39 is 0 Å². The van der Waals surface area contributed by atoms with Crippen molar-refractivity contribution in [3.05, 3.63) is 30.1 Å². The van der Waals surface area contributed by atoms with Crippen molar-refractivity contribution in [2.75, 3.05) is 39.3 Å². The number of carboxylic acid groups (broad SMARTS) is 2. The summed E-state index contributed by atoms with van der Waals surface area (Å²) in [5.41, 5.74) is 1.27. The van der Waals surface area contributed by atoms with Gasteiger partial charge in [0.2, 0.25) is 0 Å². The van der Waals surface area contributed by atoms with Crippen molar-refractivity contribution in [1.29, 1.82) is 0 Å². The number of hydrogen-bond donors (Lipinski definition) is 2. The minimum Gasteiger partial charge on any atom is -0.483 e. The summed E-state index contributed by atoms with van der Waals surface area (Å²) < 4.78 is 6.30. The lowest BCUT2D eigenvalue weighted by Gasteiger charge is -2.47. The highest BCUT2D eigenvalue weighted by Crippen LogP contribution is 2.32. The van der Waals surface area contributed by atoms with Crippen molar-refractivity contribution in [3.8, 4) is 0 Å². The predicted molar refractivity (Wildman–Crippen MR) is 113 cm³/mol. The number of carbonyl (C=O) groups is 2. The lowest BCUT2D eigenvalue weighted by Crippen LogP contribution is -2.56.